The molecule has 96 valence electrons. The summed E-state index contributed by atoms with van der Waals surface area (Å²) in [6.07, 6.45) is 2.71. The topological polar surface area (TPSA) is 101 Å². The van der Waals surface area contributed by atoms with Gasteiger partial charge in [-0.25, -0.2) is 4.98 Å². The predicted octanol–water partition coefficient (Wildman–Crippen LogP) is -0.431. The molecule has 7 nitrogen and oxygen atoms in total. The lowest BCUT2D eigenvalue weighted by Gasteiger charge is -2.24. The third-order valence-electron chi connectivity index (χ3n) is 3.01. The number of amides is 1. The van der Waals surface area contributed by atoms with Crippen LogP contribution >= 0.6 is 0 Å². The summed E-state index contributed by atoms with van der Waals surface area (Å²) < 4.78 is 1.65. The van der Waals surface area contributed by atoms with Crippen LogP contribution in [0.25, 0.3) is 0 Å². The first kappa shape index (κ1) is 12.3. The van der Waals surface area contributed by atoms with Crippen LogP contribution in [0.2, 0.25) is 0 Å². The summed E-state index contributed by atoms with van der Waals surface area (Å²) in [7, 11) is 1.74. The van der Waals surface area contributed by atoms with Crippen LogP contribution in [0.15, 0.2) is 12.5 Å². The molecular formula is C11H13N3O4. The number of imidazole rings is 1. The molecule has 1 aromatic heterocycles. The van der Waals surface area contributed by atoms with E-state index < -0.39 is 17.4 Å². The molecule has 1 aliphatic rings. The first-order chi connectivity index (χ1) is 8.44. The zero-order valence-corrected chi connectivity index (χ0v) is 9.84. The highest BCUT2D eigenvalue weighted by Crippen LogP contribution is 2.31. The number of Topliss-reactive ketones (excluding diaryl/α,β-unsaturated/α-hetero) is 1. The van der Waals surface area contributed by atoms with Crippen molar-refractivity contribution in [3.8, 4) is 0 Å². The Bertz CT molecular complexity index is 522. The van der Waals surface area contributed by atoms with E-state index in [4.69, 9.17) is 5.11 Å². The maximum atomic E-state index is 12.0. The summed E-state index contributed by atoms with van der Waals surface area (Å²) in [6.45, 7) is 0. The normalized spacial score (nSPS) is 23.2. The Morgan fingerprint density at radius 1 is 1.61 bits per heavy atom. The SMILES string of the molecule is Cn1cnc(C2(CCC(=O)O)NC(=O)CC2=O)c1. The highest BCUT2D eigenvalue weighted by Gasteiger charge is 2.48. The Kier molecular flexibility index (Phi) is 2.90. The van der Waals surface area contributed by atoms with Gasteiger partial charge in [-0.2, -0.15) is 0 Å². The minimum Gasteiger partial charge on any atom is -0.481 e. The van der Waals surface area contributed by atoms with E-state index in [1.165, 1.54) is 6.33 Å². The highest BCUT2D eigenvalue weighted by atomic mass is 16.4. The second-order valence-electron chi connectivity index (χ2n) is 4.37. The summed E-state index contributed by atoms with van der Waals surface area (Å²) in [4.78, 5) is 38.1. The van der Waals surface area contributed by atoms with Crippen molar-refractivity contribution in [2.75, 3.05) is 0 Å². The summed E-state index contributed by atoms with van der Waals surface area (Å²) in [6, 6.07) is 0. The number of hydrogen-bond acceptors (Lipinski definition) is 4. The average molecular weight is 251 g/mol. The van der Waals surface area contributed by atoms with E-state index >= 15 is 0 Å². The lowest BCUT2D eigenvalue weighted by Crippen LogP contribution is -2.44. The third-order valence-corrected chi connectivity index (χ3v) is 3.01. The lowest BCUT2D eigenvalue weighted by atomic mass is 9.87. The zero-order chi connectivity index (χ0) is 13.3. The van der Waals surface area contributed by atoms with Crippen LogP contribution in [-0.2, 0) is 27.0 Å². The fourth-order valence-corrected chi connectivity index (χ4v) is 2.11. The maximum absolute atomic E-state index is 12.0. The fourth-order valence-electron chi connectivity index (χ4n) is 2.11. The van der Waals surface area contributed by atoms with Crippen molar-refractivity contribution in [3.05, 3.63) is 18.2 Å². The number of carboxylic acid groups (broad SMARTS) is 1. The van der Waals surface area contributed by atoms with Gasteiger partial charge in [0.2, 0.25) is 5.91 Å². The Labute approximate surface area is 103 Å². The smallest absolute Gasteiger partial charge is 0.303 e. The van der Waals surface area contributed by atoms with Crippen LogP contribution in [0, 0.1) is 0 Å². The van der Waals surface area contributed by atoms with Crippen molar-refractivity contribution in [1.82, 2.24) is 14.9 Å². The van der Waals surface area contributed by atoms with Crippen LogP contribution in [-0.4, -0.2) is 32.3 Å². The summed E-state index contributed by atoms with van der Waals surface area (Å²) in [5, 5.41) is 11.3. The molecule has 2 rings (SSSR count). The zero-order valence-electron chi connectivity index (χ0n) is 9.84. The third kappa shape index (κ3) is 1.99. The Morgan fingerprint density at radius 3 is 2.78 bits per heavy atom. The molecule has 1 saturated heterocycles. The molecular weight excluding hydrogens is 238 g/mol. The second kappa shape index (κ2) is 4.25. The molecule has 2 heterocycles. The molecule has 0 radical (unpaired) electrons. The molecule has 0 spiro atoms. The number of aromatic nitrogens is 2. The molecule has 0 saturated carbocycles. The van der Waals surface area contributed by atoms with E-state index in [2.05, 4.69) is 10.3 Å². The van der Waals surface area contributed by atoms with Crippen LogP contribution in [0.4, 0.5) is 0 Å². The first-order valence-corrected chi connectivity index (χ1v) is 5.48. The average Bonchev–Trinajstić information content (AvgIpc) is 2.81. The van der Waals surface area contributed by atoms with Gasteiger partial charge < -0.3 is 15.0 Å². The number of carboxylic acids is 1. The van der Waals surface area contributed by atoms with E-state index in [0.717, 1.165) is 0 Å². The van der Waals surface area contributed by atoms with Crippen molar-refractivity contribution < 1.29 is 19.5 Å². The molecule has 18 heavy (non-hydrogen) atoms. The molecule has 1 unspecified atom stereocenters. The van der Waals surface area contributed by atoms with Gasteiger partial charge in [-0.1, -0.05) is 0 Å². The Hall–Kier alpha value is -2.18. The van der Waals surface area contributed by atoms with Crippen LogP contribution in [0.1, 0.15) is 25.0 Å². The molecule has 1 atom stereocenters. The van der Waals surface area contributed by atoms with Crippen LogP contribution < -0.4 is 5.32 Å². The van der Waals surface area contributed by atoms with E-state index in [9.17, 15) is 14.4 Å². The molecule has 7 heteroatoms. The van der Waals surface area contributed by atoms with E-state index in [1.807, 2.05) is 0 Å². The van der Waals surface area contributed by atoms with Crippen molar-refractivity contribution in [2.45, 2.75) is 24.8 Å². The van der Waals surface area contributed by atoms with E-state index in [-0.39, 0.29) is 25.0 Å². The van der Waals surface area contributed by atoms with Crippen molar-refractivity contribution in [1.29, 1.82) is 0 Å². The van der Waals surface area contributed by atoms with Crippen LogP contribution in [0.3, 0.4) is 0 Å². The molecule has 1 aromatic rings. The summed E-state index contributed by atoms with van der Waals surface area (Å²) >= 11 is 0. The van der Waals surface area contributed by atoms with Gasteiger partial charge in [0.15, 0.2) is 5.78 Å². The summed E-state index contributed by atoms with van der Waals surface area (Å²) in [5.74, 6) is -1.73. The lowest BCUT2D eigenvalue weighted by molar-refractivity contribution is -0.138. The Balaban J connectivity index is 2.37. The number of ketones is 1. The van der Waals surface area contributed by atoms with Crippen molar-refractivity contribution in [3.63, 3.8) is 0 Å². The molecule has 0 aromatic carbocycles. The highest BCUT2D eigenvalue weighted by molar-refractivity contribution is 6.10. The number of aliphatic carboxylic acids is 1. The fraction of sp³-hybridized carbons (Fsp3) is 0.455. The van der Waals surface area contributed by atoms with Gasteiger partial charge in [0.05, 0.1) is 18.4 Å². The number of carbonyl (C=O) groups is 3. The largest absolute Gasteiger partial charge is 0.481 e. The molecule has 0 aliphatic carbocycles. The van der Waals surface area contributed by atoms with E-state index in [0.29, 0.717) is 5.69 Å². The number of rotatable bonds is 4. The van der Waals surface area contributed by atoms with Gasteiger partial charge in [-0.15, -0.1) is 0 Å². The van der Waals surface area contributed by atoms with Gasteiger partial charge in [0, 0.05) is 19.7 Å². The van der Waals surface area contributed by atoms with Gasteiger partial charge in [0.1, 0.15) is 5.54 Å². The number of hydrogen-bond donors (Lipinski definition) is 2. The van der Waals surface area contributed by atoms with Gasteiger partial charge in [0.25, 0.3) is 0 Å². The number of nitrogens with one attached hydrogen (secondary N) is 1. The minimum atomic E-state index is -1.28. The quantitative estimate of drug-likeness (QED) is 0.707. The number of aryl methyl sites for hydroxylation is 1. The summed E-state index contributed by atoms with van der Waals surface area (Å²) in [5.41, 5.74) is -0.890. The van der Waals surface area contributed by atoms with Gasteiger partial charge >= 0.3 is 5.97 Å². The molecule has 2 N–H and O–H groups in total. The molecule has 1 amide bonds. The monoisotopic (exact) mass is 251 g/mol. The Morgan fingerprint density at radius 2 is 2.33 bits per heavy atom. The number of nitrogens with zero attached hydrogens (tertiary/aromatic N) is 2. The van der Waals surface area contributed by atoms with Crippen molar-refractivity contribution >= 4 is 17.7 Å². The maximum Gasteiger partial charge on any atom is 0.303 e. The minimum absolute atomic E-state index is 0.0178. The van der Waals surface area contributed by atoms with E-state index in [1.54, 1.807) is 17.8 Å². The first-order valence-electron chi connectivity index (χ1n) is 5.48. The van der Waals surface area contributed by atoms with Crippen LogP contribution in [0.5, 0.6) is 0 Å². The standard InChI is InChI=1S/C11H13N3O4/c1-14-5-7(12-6-14)11(3-2-10(17)18)8(15)4-9(16)13-11/h5-6H,2-4H2,1H3,(H,13,16)(H,17,18). The molecule has 0 bridgehead atoms. The molecule has 1 fully saturated rings. The second-order valence-corrected chi connectivity index (χ2v) is 4.37. The van der Waals surface area contributed by atoms with Gasteiger partial charge in [-0.05, 0) is 6.42 Å². The number of carbonyl (C=O) groups excluding carboxylic acids is 2. The molecule has 1 aliphatic heterocycles. The predicted molar refractivity (Wildman–Crippen MR) is 59.5 cm³/mol. The van der Waals surface area contributed by atoms with Crippen molar-refractivity contribution in [2.24, 2.45) is 7.05 Å². The van der Waals surface area contributed by atoms with Gasteiger partial charge in [-0.3, -0.25) is 14.4 Å².